The molecule has 0 unspecified atom stereocenters. The Morgan fingerprint density at radius 1 is 0.889 bits per heavy atom. The number of anilines is 1. The molecule has 1 saturated heterocycles. The van der Waals surface area contributed by atoms with Crippen molar-refractivity contribution in [1.82, 2.24) is 24.9 Å². The molecule has 6 nitrogen and oxygen atoms in total. The van der Waals surface area contributed by atoms with Crippen molar-refractivity contribution >= 4 is 5.82 Å². The molecule has 1 fully saturated rings. The van der Waals surface area contributed by atoms with Gasteiger partial charge in [0, 0.05) is 38.9 Å². The summed E-state index contributed by atoms with van der Waals surface area (Å²) in [6.45, 7) is 5.78. The number of nitrogens with zero attached hydrogens (tertiary/aromatic N) is 6. The number of rotatable bonds is 4. The minimum absolute atomic E-state index is 0.605. The molecule has 1 aromatic carbocycles. The second-order valence-electron chi connectivity index (χ2n) is 6.66. The summed E-state index contributed by atoms with van der Waals surface area (Å²) in [5.41, 5.74) is 1.71. The van der Waals surface area contributed by atoms with E-state index in [1.807, 2.05) is 31.3 Å². The molecule has 0 N–H and O–H groups in total. The van der Waals surface area contributed by atoms with Crippen molar-refractivity contribution in [3.8, 4) is 5.82 Å². The van der Waals surface area contributed by atoms with Crippen LogP contribution in [-0.2, 0) is 6.54 Å². The second kappa shape index (κ2) is 7.40. The Bertz CT molecular complexity index is 916. The molecule has 0 amide bonds. The van der Waals surface area contributed by atoms with Gasteiger partial charge in [0.1, 0.15) is 0 Å². The van der Waals surface area contributed by atoms with Crippen molar-refractivity contribution < 1.29 is 8.78 Å². The van der Waals surface area contributed by atoms with Crippen LogP contribution in [0.2, 0.25) is 0 Å². The van der Waals surface area contributed by atoms with E-state index in [4.69, 9.17) is 0 Å². The summed E-state index contributed by atoms with van der Waals surface area (Å²) in [7, 11) is 0. The zero-order chi connectivity index (χ0) is 18.8. The first-order valence-corrected chi connectivity index (χ1v) is 8.86. The lowest BCUT2D eigenvalue weighted by Gasteiger charge is -2.35. The van der Waals surface area contributed by atoms with Crippen LogP contribution in [0.5, 0.6) is 0 Å². The van der Waals surface area contributed by atoms with Gasteiger partial charge in [-0.1, -0.05) is 6.07 Å². The van der Waals surface area contributed by atoms with Gasteiger partial charge < -0.3 is 4.90 Å². The van der Waals surface area contributed by atoms with Crippen molar-refractivity contribution in [3.05, 3.63) is 65.5 Å². The van der Waals surface area contributed by atoms with E-state index in [0.29, 0.717) is 12.4 Å². The second-order valence-corrected chi connectivity index (χ2v) is 6.66. The molecule has 8 heteroatoms. The first kappa shape index (κ1) is 17.5. The van der Waals surface area contributed by atoms with Gasteiger partial charge in [0.05, 0.1) is 5.69 Å². The monoisotopic (exact) mass is 370 g/mol. The molecular weight excluding hydrogens is 350 g/mol. The topological polar surface area (TPSA) is 50.1 Å². The molecule has 3 aromatic rings. The van der Waals surface area contributed by atoms with Crippen LogP contribution < -0.4 is 4.90 Å². The van der Waals surface area contributed by atoms with Crippen molar-refractivity contribution in [2.75, 3.05) is 31.1 Å². The minimum atomic E-state index is -0.809. The van der Waals surface area contributed by atoms with Gasteiger partial charge in [-0.15, -0.1) is 10.2 Å². The molecule has 0 aliphatic carbocycles. The molecular formula is C19H20F2N6. The Labute approximate surface area is 156 Å². The van der Waals surface area contributed by atoms with Crippen LogP contribution in [0.25, 0.3) is 5.82 Å². The van der Waals surface area contributed by atoms with Gasteiger partial charge in [-0.25, -0.2) is 13.5 Å². The van der Waals surface area contributed by atoms with Crippen molar-refractivity contribution in [1.29, 1.82) is 0 Å². The highest BCUT2D eigenvalue weighted by molar-refractivity contribution is 5.40. The van der Waals surface area contributed by atoms with Crippen LogP contribution in [0.15, 0.2) is 42.6 Å². The van der Waals surface area contributed by atoms with Gasteiger partial charge >= 0.3 is 0 Å². The summed E-state index contributed by atoms with van der Waals surface area (Å²) in [4.78, 5) is 4.39. The fourth-order valence-electron chi connectivity index (χ4n) is 3.18. The number of hydrogen-bond acceptors (Lipinski definition) is 5. The third kappa shape index (κ3) is 3.95. The zero-order valence-corrected chi connectivity index (χ0v) is 15.0. The molecule has 1 aliphatic rings. The van der Waals surface area contributed by atoms with E-state index in [1.54, 1.807) is 10.7 Å². The van der Waals surface area contributed by atoms with Crippen LogP contribution >= 0.6 is 0 Å². The molecule has 0 bridgehead atoms. The number of benzene rings is 1. The van der Waals surface area contributed by atoms with Crippen molar-refractivity contribution in [3.63, 3.8) is 0 Å². The molecule has 3 heterocycles. The lowest BCUT2D eigenvalue weighted by atomic mass is 10.2. The van der Waals surface area contributed by atoms with Gasteiger partial charge in [-0.2, -0.15) is 5.10 Å². The van der Waals surface area contributed by atoms with E-state index in [2.05, 4.69) is 25.1 Å². The van der Waals surface area contributed by atoms with Crippen molar-refractivity contribution in [2.24, 2.45) is 0 Å². The third-order valence-corrected chi connectivity index (χ3v) is 4.68. The molecule has 0 saturated carbocycles. The number of aryl methyl sites for hydroxylation is 1. The normalized spacial score (nSPS) is 15.3. The van der Waals surface area contributed by atoms with Crippen LogP contribution in [0.3, 0.4) is 0 Å². The molecule has 4 rings (SSSR count). The quantitative estimate of drug-likeness (QED) is 0.707. The highest BCUT2D eigenvalue weighted by Gasteiger charge is 2.19. The zero-order valence-electron chi connectivity index (χ0n) is 15.0. The van der Waals surface area contributed by atoms with E-state index in [0.717, 1.165) is 43.3 Å². The number of halogens is 2. The predicted octanol–water partition coefficient (Wildman–Crippen LogP) is 2.57. The maximum absolute atomic E-state index is 13.4. The van der Waals surface area contributed by atoms with Gasteiger partial charge in [-0.05, 0) is 42.8 Å². The van der Waals surface area contributed by atoms with E-state index < -0.39 is 11.6 Å². The number of aromatic nitrogens is 4. The van der Waals surface area contributed by atoms with Crippen LogP contribution in [0.4, 0.5) is 14.6 Å². The average molecular weight is 370 g/mol. The summed E-state index contributed by atoms with van der Waals surface area (Å²) in [5.74, 6) is -0.0938. The summed E-state index contributed by atoms with van der Waals surface area (Å²) in [6, 6.07) is 9.85. The van der Waals surface area contributed by atoms with E-state index in [9.17, 15) is 8.78 Å². The summed E-state index contributed by atoms with van der Waals surface area (Å²) >= 11 is 0. The van der Waals surface area contributed by atoms with Gasteiger partial charge in [0.25, 0.3) is 0 Å². The first-order valence-electron chi connectivity index (χ1n) is 8.86. The lowest BCUT2D eigenvalue weighted by molar-refractivity contribution is 0.248. The molecule has 1 aliphatic heterocycles. The molecule has 2 aromatic heterocycles. The molecule has 0 atom stereocenters. The number of piperazine rings is 1. The maximum Gasteiger partial charge on any atom is 0.175 e. The standard InChI is InChI=1S/C19H20F2N6/c1-14-6-7-27(24-14)19-5-4-18(22-23-19)26-10-8-25(9-11-26)13-15-2-3-16(20)17(21)12-15/h2-7,12H,8-11,13H2,1H3. The van der Waals surface area contributed by atoms with Crippen LogP contribution in [0, 0.1) is 18.6 Å². The summed E-state index contributed by atoms with van der Waals surface area (Å²) in [6.07, 6.45) is 1.86. The Morgan fingerprint density at radius 2 is 1.63 bits per heavy atom. The SMILES string of the molecule is Cc1ccn(-c2ccc(N3CCN(Cc4ccc(F)c(F)c4)CC3)nn2)n1. The molecule has 0 spiro atoms. The predicted molar refractivity (Wildman–Crippen MR) is 97.7 cm³/mol. The van der Waals surface area contributed by atoms with E-state index in [1.165, 1.54) is 12.1 Å². The van der Waals surface area contributed by atoms with E-state index in [-0.39, 0.29) is 0 Å². The molecule has 140 valence electrons. The maximum atomic E-state index is 13.4. The highest BCUT2D eigenvalue weighted by Crippen LogP contribution is 2.16. The Morgan fingerprint density at radius 3 is 2.26 bits per heavy atom. The first-order chi connectivity index (χ1) is 13.1. The summed E-state index contributed by atoms with van der Waals surface area (Å²) in [5, 5.41) is 12.9. The minimum Gasteiger partial charge on any atom is -0.353 e. The smallest absolute Gasteiger partial charge is 0.175 e. The summed E-state index contributed by atoms with van der Waals surface area (Å²) < 4.78 is 28.1. The molecule has 27 heavy (non-hydrogen) atoms. The third-order valence-electron chi connectivity index (χ3n) is 4.68. The largest absolute Gasteiger partial charge is 0.353 e. The van der Waals surface area contributed by atoms with Gasteiger partial charge in [0.15, 0.2) is 23.3 Å². The molecule has 0 radical (unpaired) electrons. The average Bonchev–Trinajstić information content (AvgIpc) is 3.12. The Balaban J connectivity index is 1.35. The highest BCUT2D eigenvalue weighted by atomic mass is 19.2. The van der Waals surface area contributed by atoms with Crippen LogP contribution in [-0.4, -0.2) is 51.1 Å². The van der Waals surface area contributed by atoms with Gasteiger partial charge in [0.2, 0.25) is 0 Å². The van der Waals surface area contributed by atoms with Gasteiger partial charge in [-0.3, -0.25) is 4.90 Å². The van der Waals surface area contributed by atoms with Crippen molar-refractivity contribution in [2.45, 2.75) is 13.5 Å². The number of hydrogen-bond donors (Lipinski definition) is 0. The van der Waals surface area contributed by atoms with E-state index >= 15 is 0 Å². The fourth-order valence-corrected chi connectivity index (χ4v) is 3.18. The Kier molecular flexibility index (Phi) is 4.81. The Hall–Kier alpha value is -2.87. The van der Waals surface area contributed by atoms with Crippen LogP contribution in [0.1, 0.15) is 11.3 Å². The fraction of sp³-hybridized carbons (Fsp3) is 0.316. The lowest BCUT2D eigenvalue weighted by Crippen LogP contribution is -2.46.